The second-order valence-electron chi connectivity index (χ2n) is 5.03. The predicted octanol–water partition coefficient (Wildman–Crippen LogP) is 2.60. The van der Waals surface area contributed by atoms with E-state index in [4.69, 9.17) is 0 Å². The van der Waals surface area contributed by atoms with Gasteiger partial charge in [0.25, 0.3) is 5.65 Å². The van der Waals surface area contributed by atoms with E-state index in [9.17, 15) is 0 Å². The molecule has 0 unspecified atom stereocenters. The summed E-state index contributed by atoms with van der Waals surface area (Å²) in [6.45, 7) is 6.39. The van der Waals surface area contributed by atoms with Crippen LogP contribution in [-0.4, -0.2) is 14.5 Å². The van der Waals surface area contributed by atoms with Gasteiger partial charge in [0, 0.05) is 0 Å². The summed E-state index contributed by atoms with van der Waals surface area (Å²) in [4.78, 5) is 8.92. The Morgan fingerprint density at radius 2 is 1.95 bits per heavy atom. The van der Waals surface area contributed by atoms with Gasteiger partial charge in [-0.2, -0.15) is 0 Å². The number of hydrogen-bond donors (Lipinski definition) is 0. The Morgan fingerprint density at radius 1 is 1.16 bits per heavy atom. The minimum absolute atomic E-state index is 0.352. The fraction of sp³-hybridized carbons (Fsp3) is 0.267. The van der Waals surface area contributed by atoms with Crippen molar-refractivity contribution >= 4 is 11.3 Å². The smallest absolute Gasteiger partial charge is 0.229 e. The van der Waals surface area contributed by atoms with Crippen molar-refractivity contribution in [1.29, 1.82) is 0 Å². The highest BCUT2D eigenvalue weighted by Gasteiger charge is 2.20. The molecule has 0 radical (unpaired) electrons. The highest BCUT2D eigenvalue weighted by Crippen LogP contribution is 2.15. The van der Waals surface area contributed by atoms with E-state index in [1.807, 2.05) is 0 Å². The number of hydrogen-bond acceptors (Lipinski definition) is 2. The van der Waals surface area contributed by atoms with E-state index in [1.54, 1.807) is 12.4 Å². The van der Waals surface area contributed by atoms with Crippen molar-refractivity contribution in [3.63, 3.8) is 0 Å². The summed E-state index contributed by atoms with van der Waals surface area (Å²) >= 11 is 0. The molecular formula is C15H17N4+. The van der Waals surface area contributed by atoms with Gasteiger partial charge in [-0.25, -0.2) is 14.1 Å². The monoisotopic (exact) mass is 253 g/mol. The minimum Gasteiger partial charge on any atom is -0.229 e. The van der Waals surface area contributed by atoms with E-state index in [0.717, 1.165) is 17.0 Å². The van der Waals surface area contributed by atoms with Crippen LogP contribution in [0.4, 0.5) is 0 Å². The van der Waals surface area contributed by atoms with E-state index in [-0.39, 0.29) is 0 Å². The summed E-state index contributed by atoms with van der Waals surface area (Å²) < 4.78 is 4.24. The van der Waals surface area contributed by atoms with Crippen LogP contribution in [0.3, 0.4) is 0 Å². The van der Waals surface area contributed by atoms with Crippen LogP contribution < -0.4 is 4.57 Å². The van der Waals surface area contributed by atoms with Gasteiger partial charge in [0.05, 0.1) is 12.2 Å². The maximum atomic E-state index is 4.47. The number of nitrogens with zero attached hydrogens (tertiary/aromatic N) is 4. The van der Waals surface area contributed by atoms with Gasteiger partial charge in [0.15, 0.2) is 6.33 Å². The van der Waals surface area contributed by atoms with Gasteiger partial charge in [-0.1, -0.05) is 12.1 Å². The summed E-state index contributed by atoms with van der Waals surface area (Å²) in [6.07, 6.45) is 5.55. The normalized spacial score (nSPS) is 11.4. The molecule has 1 aromatic carbocycles. The SMILES string of the molecule is Cc1cccc(-n2c[n+](C(C)C)c3nccnc32)c1. The van der Waals surface area contributed by atoms with Gasteiger partial charge in [0.1, 0.15) is 11.9 Å². The standard InChI is InChI=1S/C15H17N4/c1-11(2)18-10-19(13-6-4-5-12(3)9-13)15-14(18)16-7-8-17-15/h4-11H,1-3H3/q+1. The van der Waals surface area contributed by atoms with E-state index in [0.29, 0.717) is 6.04 Å². The average Bonchev–Trinajstić information content (AvgIpc) is 2.78. The van der Waals surface area contributed by atoms with E-state index in [1.165, 1.54) is 5.56 Å². The summed E-state index contributed by atoms with van der Waals surface area (Å²) in [7, 11) is 0. The molecule has 0 fully saturated rings. The zero-order valence-corrected chi connectivity index (χ0v) is 11.4. The average molecular weight is 253 g/mol. The summed E-state index contributed by atoms with van der Waals surface area (Å²) in [5.41, 5.74) is 4.16. The summed E-state index contributed by atoms with van der Waals surface area (Å²) in [5, 5.41) is 0. The van der Waals surface area contributed by atoms with Crippen molar-refractivity contribution in [3.05, 3.63) is 48.5 Å². The lowest BCUT2D eigenvalue weighted by molar-refractivity contribution is -0.693. The molecule has 4 nitrogen and oxygen atoms in total. The fourth-order valence-electron chi connectivity index (χ4n) is 2.25. The van der Waals surface area contributed by atoms with Gasteiger partial charge >= 0.3 is 5.65 Å². The summed E-state index contributed by atoms with van der Waals surface area (Å²) in [5.74, 6) is 0. The minimum atomic E-state index is 0.352. The molecule has 0 aliphatic carbocycles. The third-order valence-electron chi connectivity index (χ3n) is 3.21. The lowest BCUT2D eigenvalue weighted by Crippen LogP contribution is -2.35. The number of benzene rings is 1. The van der Waals surface area contributed by atoms with Crippen molar-refractivity contribution in [2.45, 2.75) is 26.8 Å². The van der Waals surface area contributed by atoms with Crippen molar-refractivity contribution in [2.75, 3.05) is 0 Å². The molecule has 0 spiro atoms. The predicted molar refractivity (Wildman–Crippen MR) is 74.2 cm³/mol. The molecule has 0 bridgehead atoms. The number of aryl methyl sites for hydroxylation is 1. The Hall–Kier alpha value is -2.23. The Bertz CT molecular complexity index is 728. The molecule has 0 aliphatic heterocycles. The van der Waals surface area contributed by atoms with E-state index >= 15 is 0 Å². The number of fused-ring (bicyclic) bond motifs is 1. The highest BCUT2D eigenvalue weighted by atomic mass is 15.2. The molecular weight excluding hydrogens is 236 g/mol. The van der Waals surface area contributed by atoms with Crippen molar-refractivity contribution in [3.8, 4) is 5.69 Å². The van der Waals surface area contributed by atoms with Crippen LogP contribution in [0, 0.1) is 6.92 Å². The van der Waals surface area contributed by atoms with Crippen molar-refractivity contribution in [1.82, 2.24) is 14.5 Å². The molecule has 0 atom stereocenters. The molecule has 96 valence electrons. The fourth-order valence-corrected chi connectivity index (χ4v) is 2.25. The van der Waals surface area contributed by atoms with Gasteiger partial charge in [-0.3, -0.25) is 0 Å². The summed E-state index contributed by atoms with van der Waals surface area (Å²) in [6, 6.07) is 8.75. The van der Waals surface area contributed by atoms with E-state index in [2.05, 4.69) is 70.5 Å². The van der Waals surface area contributed by atoms with Crippen LogP contribution in [-0.2, 0) is 0 Å². The molecule has 0 aliphatic rings. The third-order valence-corrected chi connectivity index (χ3v) is 3.21. The first-order valence-corrected chi connectivity index (χ1v) is 6.47. The highest BCUT2D eigenvalue weighted by molar-refractivity contribution is 5.64. The topological polar surface area (TPSA) is 34.6 Å². The maximum absolute atomic E-state index is 4.47. The Labute approximate surface area is 112 Å². The van der Waals surface area contributed by atoms with Crippen LogP contribution in [0.5, 0.6) is 0 Å². The lowest BCUT2D eigenvalue weighted by Gasteiger charge is -2.00. The lowest BCUT2D eigenvalue weighted by atomic mass is 10.2. The Kier molecular flexibility index (Phi) is 2.78. The molecule has 0 N–H and O–H groups in total. The molecule has 3 rings (SSSR count). The van der Waals surface area contributed by atoms with Crippen LogP contribution in [0.2, 0.25) is 0 Å². The second kappa shape index (κ2) is 4.46. The number of aromatic nitrogens is 4. The first-order valence-electron chi connectivity index (χ1n) is 6.47. The zero-order chi connectivity index (χ0) is 13.4. The first-order chi connectivity index (χ1) is 9.16. The molecule has 2 heterocycles. The quantitative estimate of drug-likeness (QED) is 0.658. The van der Waals surface area contributed by atoms with Crippen LogP contribution in [0.15, 0.2) is 43.0 Å². The van der Waals surface area contributed by atoms with Crippen LogP contribution >= 0.6 is 0 Å². The van der Waals surface area contributed by atoms with Gasteiger partial charge in [-0.15, -0.1) is 4.98 Å². The van der Waals surface area contributed by atoms with Crippen molar-refractivity contribution in [2.24, 2.45) is 0 Å². The number of rotatable bonds is 2. The molecule has 4 heteroatoms. The van der Waals surface area contributed by atoms with Crippen LogP contribution in [0.1, 0.15) is 25.5 Å². The molecule has 19 heavy (non-hydrogen) atoms. The first kappa shape index (κ1) is 11.8. The molecule has 2 aromatic heterocycles. The van der Waals surface area contributed by atoms with Gasteiger partial charge < -0.3 is 0 Å². The molecule has 0 saturated heterocycles. The largest absolute Gasteiger partial charge is 0.322 e. The number of imidazole rings is 1. The van der Waals surface area contributed by atoms with Gasteiger partial charge in [0.2, 0.25) is 0 Å². The molecule has 0 amide bonds. The van der Waals surface area contributed by atoms with Gasteiger partial charge in [-0.05, 0) is 38.5 Å². The van der Waals surface area contributed by atoms with Crippen LogP contribution in [0.25, 0.3) is 17.0 Å². The third kappa shape index (κ3) is 1.99. The Balaban J connectivity index is 2.30. The second-order valence-corrected chi connectivity index (χ2v) is 5.03. The Morgan fingerprint density at radius 3 is 2.68 bits per heavy atom. The maximum Gasteiger partial charge on any atom is 0.322 e. The van der Waals surface area contributed by atoms with Crippen molar-refractivity contribution < 1.29 is 4.57 Å². The van der Waals surface area contributed by atoms with E-state index < -0.39 is 0 Å². The molecule has 3 aromatic rings. The molecule has 0 saturated carbocycles. The zero-order valence-electron chi connectivity index (χ0n) is 11.4.